The van der Waals surface area contributed by atoms with E-state index in [0.29, 0.717) is 42.9 Å². The van der Waals surface area contributed by atoms with Gasteiger partial charge < -0.3 is 14.2 Å². The fourth-order valence-electron chi connectivity index (χ4n) is 3.38. The molecule has 2 aromatic rings. The number of nitrogens with zero attached hydrogens (tertiary/aromatic N) is 2. The Morgan fingerprint density at radius 1 is 1.16 bits per heavy atom. The summed E-state index contributed by atoms with van der Waals surface area (Å²) in [4.78, 5) is 39.2. The summed E-state index contributed by atoms with van der Waals surface area (Å²) in [6.45, 7) is 1.66. The lowest BCUT2D eigenvalue weighted by Gasteiger charge is -2.25. The second-order valence-corrected chi connectivity index (χ2v) is 6.22. The number of H-pyrrole nitrogens is 1. The first kappa shape index (κ1) is 15.5. The predicted molar refractivity (Wildman–Crippen MR) is 85.9 cm³/mol. The highest BCUT2D eigenvalue weighted by Gasteiger charge is 2.28. The third-order valence-electron chi connectivity index (χ3n) is 4.74. The molecule has 4 rings (SSSR count). The third kappa shape index (κ3) is 2.59. The average Bonchev–Trinajstić information content (AvgIpc) is 3.23. The van der Waals surface area contributed by atoms with E-state index in [2.05, 4.69) is 5.16 Å². The van der Waals surface area contributed by atoms with E-state index >= 15 is 0 Å². The summed E-state index contributed by atoms with van der Waals surface area (Å²) >= 11 is 0. The maximum atomic E-state index is 12.8. The van der Waals surface area contributed by atoms with Gasteiger partial charge in [-0.05, 0) is 29.7 Å². The van der Waals surface area contributed by atoms with E-state index in [1.165, 1.54) is 7.11 Å². The van der Waals surface area contributed by atoms with E-state index in [0.717, 1.165) is 11.1 Å². The maximum absolute atomic E-state index is 12.8. The minimum Gasteiger partial charge on any atom is -0.453 e. The molecule has 0 bridgehead atoms. The molecule has 3 heterocycles. The Hall–Kier alpha value is -3.03. The molecule has 1 aromatic heterocycles. The van der Waals surface area contributed by atoms with Crippen molar-refractivity contribution < 1.29 is 18.8 Å². The number of carbonyl (C=O) groups excluding carboxylic acids is 2. The van der Waals surface area contributed by atoms with E-state index in [1.807, 2.05) is 12.1 Å². The number of aromatic amines is 1. The number of nitrogens with one attached hydrogen (secondary N) is 1. The van der Waals surface area contributed by atoms with E-state index in [-0.39, 0.29) is 24.1 Å². The van der Waals surface area contributed by atoms with Crippen LogP contribution < -0.4 is 5.56 Å². The molecule has 0 saturated heterocycles. The van der Waals surface area contributed by atoms with Crippen molar-refractivity contribution in [3.63, 3.8) is 0 Å². The van der Waals surface area contributed by atoms with Gasteiger partial charge in [0.25, 0.3) is 11.5 Å². The zero-order chi connectivity index (χ0) is 17.6. The zero-order valence-corrected chi connectivity index (χ0v) is 13.7. The van der Waals surface area contributed by atoms with Gasteiger partial charge in [-0.3, -0.25) is 14.5 Å². The van der Waals surface area contributed by atoms with Gasteiger partial charge in [0.2, 0.25) is 0 Å². The number of benzene rings is 1. The summed E-state index contributed by atoms with van der Waals surface area (Å²) in [6, 6.07) is 5.46. The summed E-state index contributed by atoms with van der Waals surface area (Å²) in [6.07, 6.45) is 0.101. The van der Waals surface area contributed by atoms with Crippen molar-refractivity contribution in [1.29, 1.82) is 0 Å². The van der Waals surface area contributed by atoms with Crippen molar-refractivity contribution in [2.45, 2.75) is 26.1 Å². The van der Waals surface area contributed by atoms with Crippen molar-refractivity contribution in [3.05, 3.63) is 56.6 Å². The summed E-state index contributed by atoms with van der Waals surface area (Å²) in [5, 5.41) is 2.32. The number of hydrogen-bond donors (Lipinski definition) is 1. The first-order valence-electron chi connectivity index (χ1n) is 8.00. The molecule has 2 aliphatic heterocycles. The molecule has 0 radical (unpaired) electrons. The van der Waals surface area contributed by atoms with Gasteiger partial charge in [-0.2, -0.15) is 5.16 Å². The summed E-state index contributed by atoms with van der Waals surface area (Å²) in [5.74, 6) is 0.399. The van der Waals surface area contributed by atoms with Gasteiger partial charge in [0, 0.05) is 25.2 Å². The average molecular weight is 343 g/mol. The topological polar surface area (TPSA) is 95.8 Å². The third-order valence-corrected chi connectivity index (χ3v) is 4.74. The fourth-order valence-corrected chi connectivity index (χ4v) is 3.38. The number of hydrogen-bond acceptors (Lipinski definition) is 5. The Morgan fingerprint density at radius 2 is 1.96 bits per heavy atom. The van der Waals surface area contributed by atoms with Crippen LogP contribution >= 0.6 is 0 Å². The van der Waals surface area contributed by atoms with Crippen LogP contribution in [0.15, 0.2) is 27.5 Å². The maximum Gasteiger partial charge on any atom is 0.410 e. The van der Waals surface area contributed by atoms with Crippen LogP contribution in [0.25, 0.3) is 0 Å². The van der Waals surface area contributed by atoms with Gasteiger partial charge in [-0.1, -0.05) is 6.07 Å². The zero-order valence-electron chi connectivity index (χ0n) is 13.7. The summed E-state index contributed by atoms with van der Waals surface area (Å²) in [7, 11) is 1.35. The smallest absolute Gasteiger partial charge is 0.410 e. The van der Waals surface area contributed by atoms with Crippen molar-refractivity contribution in [3.8, 4) is 0 Å². The summed E-state index contributed by atoms with van der Waals surface area (Å²) < 4.78 is 9.89. The molecule has 8 nitrogen and oxygen atoms in total. The van der Waals surface area contributed by atoms with Crippen LogP contribution in [0.5, 0.6) is 0 Å². The SMILES string of the molecule is COC(=O)N1Cc2ccc(C(=O)N3CCc4c(o[nH]c4=O)C3)cc2C1. The van der Waals surface area contributed by atoms with E-state index in [1.54, 1.807) is 15.9 Å². The first-order chi connectivity index (χ1) is 12.1. The minimum atomic E-state index is -0.380. The highest BCUT2D eigenvalue weighted by atomic mass is 16.5. The highest BCUT2D eigenvalue weighted by molar-refractivity contribution is 5.94. The Labute approximate surface area is 142 Å². The monoisotopic (exact) mass is 343 g/mol. The molecule has 0 saturated carbocycles. The van der Waals surface area contributed by atoms with Gasteiger partial charge in [0.1, 0.15) is 0 Å². The lowest BCUT2D eigenvalue weighted by molar-refractivity contribution is 0.0716. The number of fused-ring (bicyclic) bond motifs is 2. The van der Waals surface area contributed by atoms with E-state index in [9.17, 15) is 14.4 Å². The molecule has 1 N–H and O–H groups in total. The number of amides is 2. The minimum absolute atomic E-state index is 0.117. The van der Waals surface area contributed by atoms with Crippen molar-refractivity contribution in [1.82, 2.24) is 15.0 Å². The van der Waals surface area contributed by atoms with Crippen LogP contribution in [0, 0.1) is 0 Å². The molecular weight excluding hydrogens is 326 g/mol. The first-order valence-corrected chi connectivity index (χ1v) is 8.00. The van der Waals surface area contributed by atoms with Gasteiger partial charge in [-0.25, -0.2) is 4.79 Å². The van der Waals surface area contributed by atoms with Gasteiger partial charge in [0.05, 0.1) is 19.2 Å². The normalized spacial score (nSPS) is 15.7. The molecule has 8 heteroatoms. The lowest BCUT2D eigenvalue weighted by atomic mass is 10.0. The second kappa shape index (κ2) is 5.80. The largest absolute Gasteiger partial charge is 0.453 e. The van der Waals surface area contributed by atoms with Crippen molar-refractivity contribution >= 4 is 12.0 Å². The molecule has 0 atom stereocenters. The molecule has 25 heavy (non-hydrogen) atoms. The van der Waals surface area contributed by atoms with Crippen molar-refractivity contribution in [2.24, 2.45) is 0 Å². The van der Waals surface area contributed by atoms with Crippen LogP contribution in [0.1, 0.15) is 32.8 Å². The molecule has 1 aromatic carbocycles. The fraction of sp³-hybridized carbons (Fsp3) is 0.353. The van der Waals surface area contributed by atoms with Gasteiger partial charge >= 0.3 is 6.09 Å². The van der Waals surface area contributed by atoms with E-state index < -0.39 is 0 Å². The highest BCUT2D eigenvalue weighted by Crippen LogP contribution is 2.26. The second-order valence-electron chi connectivity index (χ2n) is 6.22. The van der Waals surface area contributed by atoms with Crippen LogP contribution in [-0.2, 0) is 30.8 Å². The molecule has 0 spiro atoms. The quantitative estimate of drug-likeness (QED) is 0.841. The summed E-state index contributed by atoms with van der Waals surface area (Å²) in [5.41, 5.74) is 2.92. The molecule has 130 valence electrons. The van der Waals surface area contributed by atoms with Crippen LogP contribution in [0.3, 0.4) is 0 Å². The van der Waals surface area contributed by atoms with E-state index in [4.69, 9.17) is 9.26 Å². The van der Waals surface area contributed by atoms with Crippen LogP contribution in [0.4, 0.5) is 4.79 Å². The Balaban J connectivity index is 1.53. The predicted octanol–water partition coefficient (Wildman–Crippen LogP) is 1.25. The number of methoxy groups -OCH3 is 1. The molecule has 0 aliphatic carbocycles. The Morgan fingerprint density at radius 3 is 2.76 bits per heavy atom. The Bertz CT molecular complexity index is 913. The molecule has 0 fully saturated rings. The van der Waals surface area contributed by atoms with Crippen LogP contribution in [0.2, 0.25) is 0 Å². The molecular formula is C17H17N3O5. The standard InChI is InChI=1S/C17H17N3O5/c1-24-17(23)20-7-11-3-2-10(6-12(11)8-20)16(22)19-5-4-13-14(9-19)25-18-15(13)21/h2-3,6H,4-5,7-9H2,1H3,(H,18,21). The molecule has 0 unspecified atom stereocenters. The number of aromatic nitrogens is 1. The molecule has 2 amide bonds. The van der Waals surface area contributed by atoms with Crippen LogP contribution in [-0.4, -0.2) is 40.6 Å². The number of carbonyl (C=O) groups is 2. The number of ether oxygens (including phenoxy) is 1. The van der Waals surface area contributed by atoms with Gasteiger partial charge in [0.15, 0.2) is 5.76 Å². The Kier molecular flexibility index (Phi) is 3.60. The van der Waals surface area contributed by atoms with Gasteiger partial charge in [-0.15, -0.1) is 0 Å². The number of rotatable bonds is 1. The lowest BCUT2D eigenvalue weighted by Crippen LogP contribution is -2.36. The van der Waals surface area contributed by atoms with Crippen molar-refractivity contribution in [2.75, 3.05) is 13.7 Å². The molecule has 2 aliphatic rings.